The van der Waals surface area contributed by atoms with Crippen LogP contribution in [-0.4, -0.2) is 21.4 Å². The van der Waals surface area contributed by atoms with Crippen molar-refractivity contribution in [2.75, 3.05) is 5.32 Å². The van der Waals surface area contributed by atoms with Crippen LogP contribution in [-0.2, 0) is 13.1 Å². The molecule has 0 aliphatic rings. The van der Waals surface area contributed by atoms with Crippen molar-refractivity contribution in [3.8, 4) is 0 Å². The standard InChI is InChI=1S/C29H24N4O2/c34-28(24-13-15-25(16-14-24)32-29(35)23-9-2-1-3-10-23)30-18-21-7-6-8-22(17-21)19-33-20-31-26-11-4-5-12-27(26)33/h1-17,20H,18-19H2,(H,30,34)(H,32,35). The summed E-state index contributed by atoms with van der Waals surface area (Å²) >= 11 is 0. The molecule has 0 saturated heterocycles. The number of amides is 2. The summed E-state index contributed by atoms with van der Waals surface area (Å²) in [5.41, 5.74) is 5.97. The fourth-order valence-corrected chi connectivity index (χ4v) is 3.95. The number of fused-ring (bicyclic) bond motifs is 1. The Bertz CT molecular complexity index is 1470. The summed E-state index contributed by atoms with van der Waals surface area (Å²) in [6, 6.07) is 32.1. The molecule has 4 aromatic carbocycles. The summed E-state index contributed by atoms with van der Waals surface area (Å²) in [7, 11) is 0. The number of hydrogen-bond acceptors (Lipinski definition) is 3. The first-order chi connectivity index (χ1) is 17.2. The van der Waals surface area contributed by atoms with E-state index in [0.29, 0.717) is 29.9 Å². The van der Waals surface area contributed by atoms with Crippen molar-refractivity contribution in [1.82, 2.24) is 14.9 Å². The minimum atomic E-state index is -0.189. The van der Waals surface area contributed by atoms with Gasteiger partial charge in [0.1, 0.15) is 0 Å². The maximum Gasteiger partial charge on any atom is 0.255 e. The maximum atomic E-state index is 12.6. The SMILES string of the molecule is O=C(NCc1cccc(Cn2cnc3ccccc32)c1)c1ccc(NC(=O)c2ccccc2)cc1. The lowest BCUT2D eigenvalue weighted by molar-refractivity contribution is 0.0950. The van der Waals surface area contributed by atoms with Crippen molar-refractivity contribution < 1.29 is 9.59 Å². The molecular weight excluding hydrogens is 436 g/mol. The molecule has 1 heterocycles. The van der Waals surface area contributed by atoms with Gasteiger partial charge in [-0.05, 0) is 59.7 Å². The van der Waals surface area contributed by atoms with Gasteiger partial charge in [0.05, 0.1) is 17.4 Å². The Morgan fingerprint density at radius 3 is 2.26 bits per heavy atom. The van der Waals surface area contributed by atoms with Crippen molar-refractivity contribution in [1.29, 1.82) is 0 Å². The van der Waals surface area contributed by atoms with Gasteiger partial charge >= 0.3 is 0 Å². The zero-order valence-corrected chi connectivity index (χ0v) is 19.0. The number of benzene rings is 4. The molecule has 2 amide bonds. The predicted octanol–water partition coefficient (Wildman–Crippen LogP) is 5.27. The topological polar surface area (TPSA) is 76.0 Å². The molecule has 35 heavy (non-hydrogen) atoms. The maximum absolute atomic E-state index is 12.6. The van der Waals surface area contributed by atoms with Gasteiger partial charge in [-0.25, -0.2) is 4.98 Å². The minimum absolute atomic E-state index is 0.169. The van der Waals surface area contributed by atoms with Crippen molar-refractivity contribution >= 4 is 28.5 Å². The number of nitrogens with one attached hydrogen (secondary N) is 2. The van der Waals surface area contributed by atoms with E-state index in [4.69, 9.17) is 0 Å². The largest absolute Gasteiger partial charge is 0.348 e. The third-order valence-electron chi connectivity index (χ3n) is 5.77. The Labute approximate surface area is 203 Å². The highest BCUT2D eigenvalue weighted by Crippen LogP contribution is 2.16. The van der Waals surface area contributed by atoms with Crippen LogP contribution in [0.25, 0.3) is 11.0 Å². The lowest BCUT2D eigenvalue weighted by Gasteiger charge is -2.10. The number of aromatic nitrogens is 2. The third kappa shape index (κ3) is 5.28. The van der Waals surface area contributed by atoms with Crippen molar-refractivity contribution in [3.05, 3.63) is 132 Å². The highest BCUT2D eigenvalue weighted by molar-refractivity contribution is 6.04. The molecule has 6 nitrogen and oxygen atoms in total. The van der Waals surface area contributed by atoms with Crippen molar-refractivity contribution in [3.63, 3.8) is 0 Å². The normalized spacial score (nSPS) is 10.7. The molecule has 0 radical (unpaired) electrons. The number of carbonyl (C=O) groups excluding carboxylic acids is 2. The molecule has 1 aromatic heterocycles. The molecule has 0 spiro atoms. The van der Waals surface area contributed by atoms with Gasteiger partial charge in [0.15, 0.2) is 0 Å². The van der Waals surface area contributed by atoms with Crippen LogP contribution in [0, 0.1) is 0 Å². The van der Waals surface area contributed by atoms with E-state index in [1.165, 1.54) is 0 Å². The smallest absolute Gasteiger partial charge is 0.255 e. The third-order valence-corrected chi connectivity index (χ3v) is 5.77. The highest BCUT2D eigenvalue weighted by Gasteiger charge is 2.09. The molecule has 0 atom stereocenters. The van der Waals surface area contributed by atoms with Crippen LogP contribution >= 0.6 is 0 Å². The molecule has 6 heteroatoms. The van der Waals surface area contributed by atoms with Crippen LogP contribution in [0.15, 0.2) is 109 Å². The zero-order chi connectivity index (χ0) is 24.0. The molecule has 2 N–H and O–H groups in total. The van der Waals surface area contributed by atoms with E-state index < -0.39 is 0 Å². The first-order valence-corrected chi connectivity index (χ1v) is 11.4. The van der Waals surface area contributed by atoms with Crippen LogP contribution in [0.2, 0.25) is 0 Å². The second-order valence-corrected chi connectivity index (χ2v) is 8.26. The molecule has 0 saturated carbocycles. The Morgan fingerprint density at radius 1 is 0.714 bits per heavy atom. The average Bonchev–Trinajstić information content (AvgIpc) is 3.31. The van der Waals surface area contributed by atoms with E-state index in [2.05, 4.69) is 38.4 Å². The number of rotatable bonds is 7. The molecule has 172 valence electrons. The highest BCUT2D eigenvalue weighted by atomic mass is 16.2. The summed E-state index contributed by atoms with van der Waals surface area (Å²) in [5.74, 6) is -0.358. The van der Waals surface area contributed by atoms with Crippen LogP contribution in [0.3, 0.4) is 0 Å². The van der Waals surface area contributed by atoms with Crippen LogP contribution < -0.4 is 10.6 Å². The quantitative estimate of drug-likeness (QED) is 0.348. The molecule has 5 aromatic rings. The second-order valence-electron chi connectivity index (χ2n) is 8.26. The first kappa shape index (κ1) is 22.1. The van der Waals surface area contributed by atoms with Crippen molar-refractivity contribution in [2.45, 2.75) is 13.1 Å². The summed E-state index contributed by atoms with van der Waals surface area (Å²) in [6.45, 7) is 1.13. The molecule has 0 aliphatic carbocycles. The molecular formula is C29H24N4O2. The number of para-hydroxylation sites is 2. The van der Waals surface area contributed by atoms with Crippen LogP contribution in [0.1, 0.15) is 31.8 Å². The van der Waals surface area contributed by atoms with E-state index in [1.54, 1.807) is 36.4 Å². The van der Waals surface area contributed by atoms with E-state index in [0.717, 1.165) is 22.2 Å². The Balaban J connectivity index is 1.18. The number of nitrogens with zero attached hydrogens (tertiary/aromatic N) is 2. The number of anilines is 1. The lowest BCUT2D eigenvalue weighted by Crippen LogP contribution is -2.22. The zero-order valence-electron chi connectivity index (χ0n) is 19.0. The fraction of sp³-hybridized carbons (Fsp3) is 0.0690. The van der Waals surface area contributed by atoms with Gasteiger partial charge in [-0.1, -0.05) is 54.6 Å². The Morgan fingerprint density at radius 2 is 1.43 bits per heavy atom. The molecule has 0 bridgehead atoms. The van der Waals surface area contributed by atoms with Crippen LogP contribution in [0.5, 0.6) is 0 Å². The van der Waals surface area contributed by atoms with Gasteiger partial charge in [0, 0.05) is 29.9 Å². The number of hydrogen-bond donors (Lipinski definition) is 2. The average molecular weight is 461 g/mol. The Hall–Kier alpha value is -4.71. The molecule has 0 unspecified atom stereocenters. The van der Waals surface area contributed by atoms with Gasteiger partial charge in [0.25, 0.3) is 11.8 Å². The van der Waals surface area contributed by atoms with E-state index in [-0.39, 0.29) is 11.8 Å². The van der Waals surface area contributed by atoms with Gasteiger partial charge < -0.3 is 15.2 Å². The lowest BCUT2D eigenvalue weighted by atomic mass is 10.1. The summed E-state index contributed by atoms with van der Waals surface area (Å²) in [6.07, 6.45) is 1.85. The monoisotopic (exact) mass is 460 g/mol. The molecule has 5 rings (SSSR count). The van der Waals surface area contributed by atoms with E-state index in [1.807, 2.05) is 54.9 Å². The fourth-order valence-electron chi connectivity index (χ4n) is 3.95. The summed E-state index contributed by atoms with van der Waals surface area (Å²) in [5, 5.41) is 5.81. The predicted molar refractivity (Wildman–Crippen MR) is 137 cm³/mol. The second kappa shape index (κ2) is 10.1. The van der Waals surface area contributed by atoms with Gasteiger partial charge in [-0.3, -0.25) is 9.59 Å². The summed E-state index contributed by atoms with van der Waals surface area (Å²) < 4.78 is 2.12. The van der Waals surface area contributed by atoms with Gasteiger partial charge in [0.2, 0.25) is 0 Å². The first-order valence-electron chi connectivity index (χ1n) is 11.4. The number of carbonyl (C=O) groups is 2. The van der Waals surface area contributed by atoms with E-state index >= 15 is 0 Å². The van der Waals surface area contributed by atoms with Gasteiger partial charge in [-0.2, -0.15) is 0 Å². The van der Waals surface area contributed by atoms with Crippen molar-refractivity contribution in [2.24, 2.45) is 0 Å². The van der Waals surface area contributed by atoms with Gasteiger partial charge in [-0.15, -0.1) is 0 Å². The molecule has 0 aliphatic heterocycles. The van der Waals surface area contributed by atoms with Crippen LogP contribution in [0.4, 0.5) is 5.69 Å². The Kier molecular flexibility index (Phi) is 6.35. The molecule has 0 fully saturated rings. The minimum Gasteiger partial charge on any atom is -0.348 e. The number of imidazole rings is 1. The summed E-state index contributed by atoms with van der Waals surface area (Å²) in [4.78, 5) is 29.4. The van der Waals surface area contributed by atoms with E-state index in [9.17, 15) is 9.59 Å².